The summed E-state index contributed by atoms with van der Waals surface area (Å²) in [5.41, 5.74) is 3.33. The Morgan fingerprint density at radius 1 is 1.03 bits per heavy atom. The third-order valence-corrected chi connectivity index (χ3v) is 5.64. The molecule has 7 heteroatoms. The number of rotatable bonds is 6. The third kappa shape index (κ3) is 4.72. The molecule has 0 saturated heterocycles. The van der Waals surface area contributed by atoms with E-state index in [4.69, 9.17) is 9.47 Å². The molecule has 4 aromatic rings. The van der Waals surface area contributed by atoms with E-state index >= 15 is 0 Å². The highest BCUT2D eigenvalue weighted by molar-refractivity contribution is 5.95. The van der Waals surface area contributed by atoms with Crippen LogP contribution >= 0.6 is 0 Å². The van der Waals surface area contributed by atoms with Crippen molar-refractivity contribution in [2.75, 3.05) is 6.61 Å². The number of aromatic nitrogens is 2. The quantitative estimate of drug-likeness (QED) is 0.463. The molecule has 3 aromatic carbocycles. The van der Waals surface area contributed by atoms with Crippen molar-refractivity contribution >= 4 is 5.91 Å². The maximum absolute atomic E-state index is 13.4. The van der Waals surface area contributed by atoms with Gasteiger partial charge < -0.3 is 14.8 Å². The lowest BCUT2D eigenvalue weighted by Gasteiger charge is -2.33. The summed E-state index contributed by atoms with van der Waals surface area (Å²) in [6.45, 7) is 0.294. The van der Waals surface area contributed by atoms with Crippen LogP contribution in [0.1, 0.15) is 15.9 Å². The summed E-state index contributed by atoms with van der Waals surface area (Å²) in [6.07, 6.45) is 3.59. The van der Waals surface area contributed by atoms with Crippen molar-refractivity contribution in [3.63, 3.8) is 0 Å². The van der Waals surface area contributed by atoms with Gasteiger partial charge in [0, 0.05) is 17.3 Å². The van der Waals surface area contributed by atoms with Crippen LogP contribution in [-0.4, -0.2) is 34.9 Å². The number of H-pyrrole nitrogens is 1. The number of hydrogen-bond donors (Lipinski definition) is 2. The molecule has 33 heavy (non-hydrogen) atoms. The molecule has 0 bridgehead atoms. The van der Waals surface area contributed by atoms with E-state index in [1.807, 2.05) is 36.4 Å². The van der Waals surface area contributed by atoms with E-state index in [-0.39, 0.29) is 17.8 Å². The van der Waals surface area contributed by atoms with Gasteiger partial charge >= 0.3 is 0 Å². The van der Waals surface area contributed by atoms with Crippen molar-refractivity contribution in [2.24, 2.45) is 0 Å². The van der Waals surface area contributed by atoms with E-state index in [1.165, 1.54) is 12.1 Å². The molecule has 1 aromatic heterocycles. The SMILES string of the molecule is O=C(NC(Cc1ccc(F)cc1)C1COc2ccccc2O1)c1ccc(-c2cn[nH]c2)cc1. The zero-order valence-electron chi connectivity index (χ0n) is 17.7. The minimum absolute atomic E-state index is 0.219. The molecule has 2 unspecified atom stereocenters. The smallest absolute Gasteiger partial charge is 0.251 e. The topological polar surface area (TPSA) is 76.2 Å². The number of para-hydroxylation sites is 2. The molecule has 0 fully saturated rings. The highest BCUT2D eigenvalue weighted by Gasteiger charge is 2.30. The summed E-state index contributed by atoms with van der Waals surface area (Å²) in [7, 11) is 0. The van der Waals surface area contributed by atoms with Gasteiger partial charge in [-0.1, -0.05) is 36.4 Å². The van der Waals surface area contributed by atoms with Gasteiger partial charge in [-0.25, -0.2) is 4.39 Å². The Balaban J connectivity index is 1.35. The fourth-order valence-corrected chi connectivity index (χ4v) is 3.86. The number of aromatic amines is 1. The molecular formula is C26H22FN3O3. The molecular weight excluding hydrogens is 421 g/mol. The summed E-state index contributed by atoms with van der Waals surface area (Å²) < 4.78 is 25.4. The first-order valence-corrected chi connectivity index (χ1v) is 10.7. The molecule has 2 atom stereocenters. The van der Waals surface area contributed by atoms with E-state index in [2.05, 4.69) is 15.5 Å². The average Bonchev–Trinajstić information content (AvgIpc) is 3.40. The first-order valence-electron chi connectivity index (χ1n) is 10.7. The second-order valence-electron chi connectivity index (χ2n) is 7.89. The van der Waals surface area contributed by atoms with Crippen molar-refractivity contribution < 1.29 is 18.7 Å². The fourth-order valence-electron chi connectivity index (χ4n) is 3.86. The highest BCUT2D eigenvalue weighted by Crippen LogP contribution is 2.32. The highest BCUT2D eigenvalue weighted by atomic mass is 19.1. The van der Waals surface area contributed by atoms with Crippen molar-refractivity contribution in [1.82, 2.24) is 15.5 Å². The Bertz CT molecular complexity index is 1220. The molecule has 1 amide bonds. The molecule has 0 saturated carbocycles. The monoisotopic (exact) mass is 443 g/mol. The van der Waals surface area contributed by atoms with Crippen LogP contribution in [0.25, 0.3) is 11.1 Å². The number of amides is 1. The maximum Gasteiger partial charge on any atom is 0.251 e. The molecule has 5 rings (SSSR count). The lowest BCUT2D eigenvalue weighted by atomic mass is 9.99. The van der Waals surface area contributed by atoms with Crippen LogP contribution in [0.3, 0.4) is 0 Å². The van der Waals surface area contributed by atoms with Gasteiger partial charge in [0.05, 0.1) is 12.2 Å². The number of halogens is 1. The van der Waals surface area contributed by atoms with Crippen molar-refractivity contribution in [1.29, 1.82) is 0 Å². The number of ether oxygens (including phenoxy) is 2. The van der Waals surface area contributed by atoms with E-state index in [0.29, 0.717) is 30.1 Å². The number of carbonyl (C=O) groups excluding carboxylic acids is 1. The number of nitrogens with one attached hydrogen (secondary N) is 2. The Morgan fingerprint density at radius 3 is 2.52 bits per heavy atom. The summed E-state index contributed by atoms with van der Waals surface area (Å²) in [5.74, 6) is 0.790. The molecule has 0 aliphatic carbocycles. The third-order valence-electron chi connectivity index (χ3n) is 5.64. The van der Waals surface area contributed by atoms with Gasteiger partial charge in [0.2, 0.25) is 0 Å². The van der Waals surface area contributed by atoms with E-state index in [0.717, 1.165) is 16.7 Å². The zero-order chi connectivity index (χ0) is 22.6. The molecule has 1 aliphatic rings. The van der Waals surface area contributed by atoms with Crippen LogP contribution in [0.4, 0.5) is 4.39 Å². The Kier molecular flexibility index (Phi) is 5.76. The molecule has 2 heterocycles. The van der Waals surface area contributed by atoms with Gasteiger partial charge in [-0.15, -0.1) is 0 Å². The van der Waals surface area contributed by atoms with Gasteiger partial charge in [-0.2, -0.15) is 5.10 Å². The van der Waals surface area contributed by atoms with Gasteiger partial charge in [0.1, 0.15) is 12.4 Å². The van der Waals surface area contributed by atoms with Crippen molar-refractivity contribution in [3.05, 3.63) is 102 Å². The maximum atomic E-state index is 13.4. The van der Waals surface area contributed by atoms with Gasteiger partial charge in [-0.05, 0) is 53.9 Å². The second kappa shape index (κ2) is 9.16. The van der Waals surface area contributed by atoms with Crippen LogP contribution in [-0.2, 0) is 6.42 Å². The molecule has 2 N–H and O–H groups in total. The number of benzene rings is 3. The van der Waals surface area contributed by atoms with E-state index in [9.17, 15) is 9.18 Å². The van der Waals surface area contributed by atoms with Crippen molar-refractivity contribution in [2.45, 2.75) is 18.6 Å². The Morgan fingerprint density at radius 2 is 1.79 bits per heavy atom. The second-order valence-corrected chi connectivity index (χ2v) is 7.89. The van der Waals surface area contributed by atoms with Gasteiger partial charge in [0.15, 0.2) is 17.6 Å². The summed E-state index contributed by atoms with van der Waals surface area (Å²) in [6, 6.07) is 20.6. The molecule has 0 spiro atoms. The predicted molar refractivity (Wildman–Crippen MR) is 122 cm³/mol. The van der Waals surface area contributed by atoms with Gasteiger partial charge in [-0.3, -0.25) is 9.89 Å². The average molecular weight is 443 g/mol. The lowest BCUT2D eigenvalue weighted by Crippen LogP contribution is -2.51. The number of hydrogen-bond acceptors (Lipinski definition) is 4. The first-order chi connectivity index (χ1) is 16.2. The molecule has 6 nitrogen and oxygen atoms in total. The summed E-state index contributed by atoms with van der Waals surface area (Å²) in [4.78, 5) is 13.1. The van der Waals surface area contributed by atoms with Crippen LogP contribution in [0.15, 0.2) is 85.2 Å². The lowest BCUT2D eigenvalue weighted by molar-refractivity contribution is 0.0565. The largest absolute Gasteiger partial charge is 0.486 e. The van der Waals surface area contributed by atoms with E-state index in [1.54, 1.807) is 36.7 Å². The minimum Gasteiger partial charge on any atom is -0.486 e. The van der Waals surface area contributed by atoms with Crippen LogP contribution < -0.4 is 14.8 Å². The Labute approximate surface area is 190 Å². The number of nitrogens with zero attached hydrogens (tertiary/aromatic N) is 1. The van der Waals surface area contributed by atoms with Crippen LogP contribution in [0, 0.1) is 5.82 Å². The number of carbonyl (C=O) groups is 1. The van der Waals surface area contributed by atoms with Gasteiger partial charge in [0.25, 0.3) is 5.91 Å². The molecule has 0 radical (unpaired) electrons. The zero-order valence-corrected chi connectivity index (χ0v) is 17.7. The minimum atomic E-state index is -0.404. The fraction of sp³-hybridized carbons (Fsp3) is 0.154. The predicted octanol–water partition coefficient (Wildman–Crippen LogP) is 4.40. The Hall–Kier alpha value is -4.13. The summed E-state index contributed by atoms with van der Waals surface area (Å²) in [5, 5.41) is 9.83. The van der Waals surface area contributed by atoms with E-state index < -0.39 is 6.10 Å². The first kappa shape index (κ1) is 20.8. The van der Waals surface area contributed by atoms with Crippen LogP contribution in [0.2, 0.25) is 0 Å². The standard InChI is InChI=1S/C26H22FN3O3/c27-21-11-5-17(6-12-21)13-22(25-16-32-23-3-1-2-4-24(23)33-25)30-26(31)19-9-7-18(8-10-19)20-14-28-29-15-20/h1-12,14-15,22,25H,13,16H2,(H,28,29)(H,30,31). The molecule has 166 valence electrons. The number of fused-ring (bicyclic) bond motifs is 1. The molecule has 1 aliphatic heterocycles. The summed E-state index contributed by atoms with van der Waals surface area (Å²) >= 11 is 0. The van der Waals surface area contributed by atoms with Crippen molar-refractivity contribution in [3.8, 4) is 22.6 Å². The van der Waals surface area contributed by atoms with Crippen LogP contribution in [0.5, 0.6) is 11.5 Å². The normalized spacial score (nSPS) is 15.6.